The van der Waals surface area contributed by atoms with Crippen molar-refractivity contribution in [2.75, 3.05) is 44.2 Å². The van der Waals surface area contributed by atoms with Gasteiger partial charge in [0.25, 0.3) is 5.91 Å². The molecule has 2 aliphatic heterocycles. The summed E-state index contributed by atoms with van der Waals surface area (Å²) in [6, 6.07) is 6.76. The quantitative estimate of drug-likeness (QED) is 0.545. The van der Waals surface area contributed by atoms with Gasteiger partial charge in [-0.3, -0.25) is 24.4 Å². The van der Waals surface area contributed by atoms with Crippen LogP contribution in [0, 0.1) is 26.7 Å². The molecule has 3 amide bonds. The number of nitrogens with one attached hydrogen (secondary N) is 1. The molecule has 2 aromatic rings. The highest BCUT2D eigenvalue weighted by Gasteiger charge is 2.36. The molecular weight excluding hydrogens is 494 g/mol. The first-order valence-corrected chi connectivity index (χ1v) is 12.7. The maximum Gasteiger partial charge on any atom is 0.323 e. The third-order valence-corrected chi connectivity index (χ3v) is 7.34. The Morgan fingerprint density at radius 1 is 1.16 bits per heavy atom. The van der Waals surface area contributed by atoms with Gasteiger partial charge in [-0.05, 0) is 62.1 Å². The summed E-state index contributed by atoms with van der Waals surface area (Å²) in [6.07, 6.45) is 4.41. The number of halogens is 1. The van der Waals surface area contributed by atoms with Crippen LogP contribution in [0.5, 0.6) is 0 Å². The Kier molecular flexibility index (Phi) is 8.14. The Balaban J connectivity index is 1.35. The van der Waals surface area contributed by atoms with Gasteiger partial charge in [-0.2, -0.15) is 0 Å². The van der Waals surface area contributed by atoms with Gasteiger partial charge in [-0.15, -0.1) is 0 Å². The zero-order chi connectivity index (χ0) is 26.7. The molecule has 1 aromatic heterocycles. The number of carbonyl (C=O) groups excluding carboxylic acids is 2. The summed E-state index contributed by atoms with van der Waals surface area (Å²) in [7, 11) is 0. The number of aromatic nitrogens is 1. The number of fused-ring (bicyclic) bond motifs is 1. The fraction of sp³-hybridized carbons (Fsp3) is 0.407. The molecule has 1 saturated heterocycles. The number of hydrogen-bond donors (Lipinski definition) is 2. The van der Waals surface area contributed by atoms with Crippen LogP contribution in [0.1, 0.15) is 33.6 Å². The van der Waals surface area contributed by atoms with E-state index < -0.39 is 18.5 Å². The summed E-state index contributed by atoms with van der Waals surface area (Å²) < 4.78 is 0. The molecule has 1 atom stereocenters. The molecule has 0 bridgehead atoms. The van der Waals surface area contributed by atoms with E-state index in [1.54, 1.807) is 12.3 Å². The van der Waals surface area contributed by atoms with Gasteiger partial charge < -0.3 is 15.3 Å². The van der Waals surface area contributed by atoms with Gasteiger partial charge in [0.1, 0.15) is 6.54 Å². The zero-order valence-corrected chi connectivity index (χ0v) is 22.1. The predicted octanol–water partition coefficient (Wildman–Crippen LogP) is 3.62. The van der Waals surface area contributed by atoms with E-state index in [-0.39, 0.29) is 5.91 Å². The second kappa shape index (κ2) is 11.3. The van der Waals surface area contributed by atoms with Crippen LogP contribution in [0.2, 0.25) is 5.02 Å². The van der Waals surface area contributed by atoms with Gasteiger partial charge >= 0.3 is 12.0 Å². The molecule has 9 nitrogen and oxygen atoms in total. The number of amides is 3. The molecular formula is C27H32ClN5O4. The lowest BCUT2D eigenvalue weighted by molar-refractivity contribution is -0.135. The number of pyridine rings is 1. The lowest BCUT2D eigenvalue weighted by atomic mass is 10.1. The van der Waals surface area contributed by atoms with E-state index >= 15 is 0 Å². The Morgan fingerprint density at radius 2 is 1.95 bits per heavy atom. The van der Waals surface area contributed by atoms with Crippen LogP contribution in [0.25, 0.3) is 0 Å². The summed E-state index contributed by atoms with van der Waals surface area (Å²) in [5, 5.41) is 11.9. The monoisotopic (exact) mass is 525 g/mol. The van der Waals surface area contributed by atoms with Crippen LogP contribution in [0.3, 0.4) is 0 Å². The maximum absolute atomic E-state index is 13.1. The van der Waals surface area contributed by atoms with Crippen molar-refractivity contribution >= 4 is 35.2 Å². The van der Waals surface area contributed by atoms with Crippen LogP contribution in [-0.2, 0) is 4.79 Å². The van der Waals surface area contributed by atoms with Gasteiger partial charge in [-0.1, -0.05) is 17.7 Å². The minimum absolute atomic E-state index is 0.00340. The Hall–Kier alpha value is -3.43. The number of anilines is 1. The molecule has 2 aliphatic rings. The van der Waals surface area contributed by atoms with Gasteiger partial charge in [0.2, 0.25) is 0 Å². The highest BCUT2D eigenvalue weighted by atomic mass is 35.5. The summed E-state index contributed by atoms with van der Waals surface area (Å²) >= 11 is 6.27. The van der Waals surface area contributed by atoms with Gasteiger partial charge in [0.15, 0.2) is 0 Å². The van der Waals surface area contributed by atoms with Crippen molar-refractivity contribution in [3.8, 4) is 0 Å². The van der Waals surface area contributed by atoms with Crippen molar-refractivity contribution in [1.29, 1.82) is 0 Å². The molecule has 0 radical (unpaired) electrons. The highest BCUT2D eigenvalue weighted by molar-refractivity contribution is 6.31. The van der Waals surface area contributed by atoms with Gasteiger partial charge in [0.05, 0.1) is 11.3 Å². The lowest BCUT2D eigenvalue weighted by Gasteiger charge is -2.25. The second-order valence-electron chi connectivity index (χ2n) is 9.67. The second-order valence-corrected chi connectivity index (χ2v) is 10.1. The highest BCUT2D eigenvalue weighted by Crippen LogP contribution is 2.31. The average molecular weight is 526 g/mol. The van der Waals surface area contributed by atoms with E-state index in [2.05, 4.69) is 15.2 Å². The molecule has 2 N–H and O–H groups in total. The Labute approximate surface area is 221 Å². The van der Waals surface area contributed by atoms with Crippen LogP contribution in [0.4, 0.5) is 10.5 Å². The number of benzene rings is 1. The summed E-state index contributed by atoms with van der Waals surface area (Å²) in [6.45, 7) is 8.69. The van der Waals surface area contributed by atoms with Crippen molar-refractivity contribution in [3.05, 3.63) is 69.6 Å². The topological polar surface area (TPSA) is 106 Å². The molecule has 10 heteroatoms. The minimum atomic E-state index is -1.10. The fourth-order valence-corrected chi connectivity index (χ4v) is 5.14. The van der Waals surface area contributed by atoms with E-state index in [0.29, 0.717) is 41.7 Å². The van der Waals surface area contributed by atoms with Crippen LogP contribution in [-0.4, -0.2) is 77.1 Å². The third kappa shape index (κ3) is 6.11. The molecule has 1 fully saturated rings. The first-order valence-electron chi connectivity index (χ1n) is 12.3. The van der Waals surface area contributed by atoms with Crippen LogP contribution >= 0.6 is 11.6 Å². The SMILES string of the molecule is Cc1ccc(N(CCCN2CC3=CN(C(=O)c4c(C)ccnc4C)CC3C2)C(=O)NCC(=O)O)cc1Cl. The number of aryl methyl sites for hydroxylation is 3. The van der Waals surface area contributed by atoms with E-state index in [1.165, 1.54) is 10.5 Å². The van der Waals surface area contributed by atoms with Crippen molar-refractivity contribution in [2.45, 2.75) is 27.2 Å². The molecule has 0 saturated carbocycles. The predicted molar refractivity (Wildman–Crippen MR) is 142 cm³/mol. The molecule has 3 heterocycles. The van der Waals surface area contributed by atoms with E-state index in [0.717, 1.165) is 36.5 Å². The fourth-order valence-electron chi connectivity index (χ4n) is 4.96. The normalized spacial score (nSPS) is 16.9. The number of rotatable bonds is 8. The van der Waals surface area contributed by atoms with Crippen molar-refractivity contribution in [1.82, 2.24) is 20.1 Å². The van der Waals surface area contributed by atoms with Crippen molar-refractivity contribution in [3.63, 3.8) is 0 Å². The number of carbonyl (C=O) groups is 3. The largest absolute Gasteiger partial charge is 0.480 e. The molecule has 196 valence electrons. The van der Waals surface area contributed by atoms with E-state index in [9.17, 15) is 14.4 Å². The third-order valence-electron chi connectivity index (χ3n) is 6.93. The number of aliphatic carboxylic acids is 1. The lowest BCUT2D eigenvalue weighted by Crippen LogP contribution is -2.43. The maximum atomic E-state index is 13.1. The first-order chi connectivity index (χ1) is 17.6. The summed E-state index contributed by atoms with van der Waals surface area (Å²) in [5.41, 5.74) is 5.11. The number of urea groups is 1. The molecule has 0 aliphatic carbocycles. The molecule has 0 spiro atoms. The van der Waals surface area contributed by atoms with Gasteiger partial charge in [-0.25, -0.2) is 4.79 Å². The Bertz CT molecular complexity index is 1230. The smallest absolute Gasteiger partial charge is 0.323 e. The van der Waals surface area contributed by atoms with E-state index in [1.807, 2.05) is 50.1 Å². The minimum Gasteiger partial charge on any atom is -0.480 e. The average Bonchev–Trinajstić information content (AvgIpc) is 3.41. The number of nitrogens with zero attached hydrogens (tertiary/aromatic N) is 4. The van der Waals surface area contributed by atoms with Gasteiger partial charge in [0, 0.05) is 61.7 Å². The molecule has 1 aromatic carbocycles. The molecule has 37 heavy (non-hydrogen) atoms. The summed E-state index contributed by atoms with van der Waals surface area (Å²) in [4.78, 5) is 46.7. The molecule has 4 rings (SSSR count). The van der Waals surface area contributed by atoms with Crippen LogP contribution < -0.4 is 10.2 Å². The number of likely N-dealkylation sites (tertiary alicyclic amines) is 1. The molecule has 1 unspecified atom stereocenters. The van der Waals surface area contributed by atoms with Crippen molar-refractivity contribution < 1.29 is 19.5 Å². The van der Waals surface area contributed by atoms with Crippen molar-refractivity contribution in [2.24, 2.45) is 5.92 Å². The number of carboxylic acid groups (broad SMARTS) is 1. The standard InChI is InChI=1S/C27H32ClN5O4/c1-17-5-6-22(11-23(17)28)33(27(37)30-12-24(34)35)10-4-9-31-13-20-15-32(16-21(20)14-31)26(36)25-18(2)7-8-29-19(25)3/h5-8,11,15,21H,4,9-10,12-14,16H2,1-3H3,(H,30,37)(H,34,35). The number of carboxylic acids is 1. The Morgan fingerprint density at radius 3 is 2.62 bits per heavy atom. The van der Waals surface area contributed by atoms with E-state index in [4.69, 9.17) is 16.7 Å². The van der Waals surface area contributed by atoms with Crippen LogP contribution in [0.15, 0.2) is 42.2 Å². The summed E-state index contributed by atoms with van der Waals surface area (Å²) in [5.74, 6) is -0.808. The zero-order valence-electron chi connectivity index (χ0n) is 21.3. The number of hydrogen-bond acceptors (Lipinski definition) is 5. The first kappa shape index (κ1) is 26.6.